The molecule has 1 aromatic carbocycles. The SMILES string of the molecule is Cc1ccc(Cl)cc1-c1c[nH]c(-c2cc(N)ncn2)c1. The number of nitrogens with one attached hydrogen (secondary N) is 1. The number of nitrogen functional groups attached to an aromatic ring is 1. The lowest BCUT2D eigenvalue weighted by Gasteiger charge is -2.03. The topological polar surface area (TPSA) is 67.6 Å². The fourth-order valence-electron chi connectivity index (χ4n) is 2.12. The predicted octanol–water partition coefficient (Wildman–Crippen LogP) is 3.68. The molecule has 0 spiro atoms. The zero-order chi connectivity index (χ0) is 14.1. The van der Waals surface area contributed by atoms with Crippen LogP contribution < -0.4 is 5.73 Å². The highest BCUT2D eigenvalue weighted by molar-refractivity contribution is 6.30. The van der Waals surface area contributed by atoms with Crippen molar-refractivity contribution in [3.8, 4) is 22.5 Å². The van der Waals surface area contributed by atoms with Gasteiger partial charge in [-0.2, -0.15) is 0 Å². The van der Waals surface area contributed by atoms with Gasteiger partial charge < -0.3 is 10.7 Å². The van der Waals surface area contributed by atoms with Crippen LogP contribution in [0.1, 0.15) is 5.56 Å². The minimum absolute atomic E-state index is 0.449. The number of aromatic amines is 1. The van der Waals surface area contributed by atoms with Crippen molar-refractivity contribution in [3.05, 3.63) is 53.4 Å². The van der Waals surface area contributed by atoms with E-state index in [1.165, 1.54) is 11.9 Å². The van der Waals surface area contributed by atoms with Crippen LogP contribution >= 0.6 is 11.6 Å². The van der Waals surface area contributed by atoms with Gasteiger partial charge in [0, 0.05) is 22.8 Å². The van der Waals surface area contributed by atoms with Gasteiger partial charge in [0.15, 0.2) is 0 Å². The number of hydrogen-bond acceptors (Lipinski definition) is 3. The van der Waals surface area contributed by atoms with E-state index in [1.54, 1.807) is 6.07 Å². The van der Waals surface area contributed by atoms with E-state index in [9.17, 15) is 0 Å². The van der Waals surface area contributed by atoms with E-state index < -0.39 is 0 Å². The molecule has 4 nitrogen and oxygen atoms in total. The smallest absolute Gasteiger partial charge is 0.127 e. The van der Waals surface area contributed by atoms with Crippen molar-refractivity contribution >= 4 is 17.4 Å². The third kappa shape index (κ3) is 2.38. The summed E-state index contributed by atoms with van der Waals surface area (Å²) >= 11 is 6.06. The van der Waals surface area contributed by atoms with Crippen molar-refractivity contribution in [1.82, 2.24) is 15.0 Å². The number of nitrogens with two attached hydrogens (primary N) is 1. The zero-order valence-electron chi connectivity index (χ0n) is 10.9. The van der Waals surface area contributed by atoms with E-state index in [0.29, 0.717) is 5.82 Å². The summed E-state index contributed by atoms with van der Waals surface area (Å²) < 4.78 is 0. The summed E-state index contributed by atoms with van der Waals surface area (Å²) in [7, 11) is 0. The Hall–Kier alpha value is -2.33. The number of hydrogen-bond donors (Lipinski definition) is 2. The first-order valence-electron chi connectivity index (χ1n) is 6.16. The maximum atomic E-state index is 6.06. The molecular weight excluding hydrogens is 272 g/mol. The molecule has 0 radical (unpaired) electrons. The summed E-state index contributed by atoms with van der Waals surface area (Å²) in [6.45, 7) is 2.06. The molecular formula is C15H13ClN4. The van der Waals surface area contributed by atoms with E-state index >= 15 is 0 Å². The zero-order valence-corrected chi connectivity index (χ0v) is 11.6. The number of aryl methyl sites for hydroxylation is 1. The fourth-order valence-corrected chi connectivity index (χ4v) is 2.29. The Morgan fingerprint density at radius 2 is 2.00 bits per heavy atom. The van der Waals surface area contributed by atoms with Crippen molar-refractivity contribution < 1.29 is 0 Å². The number of rotatable bonds is 2. The van der Waals surface area contributed by atoms with Crippen molar-refractivity contribution in [2.75, 3.05) is 5.73 Å². The van der Waals surface area contributed by atoms with Crippen LogP contribution in [0.2, 0.25) is 5.02 Å². The molecule has 100 valence electrons. The second-order valence-corrected chi connectivity index (χ2v) is 5.03. The molecule has 3 rings (SSSR count). The summed E-state index contributed by atoms with van der Waals surface area (Å²) in [4.78, 5) is 11.3. The molecule has 0 aliphatic rings. The largest absolute Gasteiger partial charge is 0.384 e. The molecule has 0 bridgehead atoms. The van der Waals surface area contributed by atoms with Gasteiger partial charge >= 0.3 is 0 Å². The molecule has 5 heteroatoms. The van der Waals surface area contributed by atoms with Gasteiger partial charge in [-0.1, -0.05) is 17.7 Å². The molecule has 3 N–H and O–H groups in total. The molecule has 2 aromatic heterocycles. The molecule has 3 aromatic rings. The van der Waals surface area contributed by atoms with Gasteiger partial charge in [0.1, 0.15) is 12.1 Å². The van der Waals surface area contributed by atoms with Gasteiger partial charge in [0.25, 0.3) is 0 Å². The Balaban J connectivity index is 2.04. The lowest BCUT2D eigenvalue weighted by Crippen LogP contribution is -1.92. The van der Waals surface area contributed by atoms with E-state index in [4.69, 9.17) is 17.3 Å². The van der Waals surface area contributed by atoms with Gasteiger partial charge in [-0.3, -0.25) is 0 Å². The van der Waals surface area contributed by atoms with Crippen LogP contribution in [0.15, 0.2) is 42.9 Å². The van der Waals surface area contributed by atoms with Gasteiger partial charge in [0.2, 0.25) is 0 Å². The van der Waals surface area contributed by atoms with E-state index in [2.05, 4.69) is 21.9 Å². The average molecular weight is 285 g/mol. The van der Waals surface area contributed by atoms with Crippen LogP contribution in [0.25, 0.3) is 22.5 Å². The fraction of sp³-hybridized carbons (Fsp3) is 0.0667. The Labute approximate surface area is 121 Å². The third-order valence-corrected chi connectivity index (χ3v) is 3.39. The lowest BCUT2D eigenvalue weighted by molar-refractivity contribution is 1.17. The number of halogens is 1. The molecule has 0 unspecified atom stereocenters. The Morgan fingerprint density at radius 1 is 1.15 bits per heavy atom. The second kappa shape index (κ2) is 4.98. The summed E-state index contributed by atoms with van der Waals surface area (Å²) in [5, 5.41) is 0.722. The van der Waals surface area contributed by atoms with E-state index in [1.807, 2.05) is 30.5 Å². The van der Waals surface area contributed by atoms with E-state index in [-0.39, 0.29) is 0 Å². The minimum atomic E-state index is 0.449. The molecule has 0 saturated heterocycles. The number of aromatic nitrogens is 3. The molecule has 0 fully saturated rings. The van der Waals surface area contributed by atoms with Crippen LogP contribution in [0.5, 0.6) is 0 Å². The maximum absolute atomic E-state index is 6.06. The minimum Gasteiger partial charge on any atom is -0.384 e. The van der Waals surface area contributed by atoms with Crippen LogP contribution in [-0.2, 0) is 0 Å². The molecule has 0 aliphatic heterocycles. The molecule has 0 aliphatic carbocycles. The highest BCUT2D eigenvalue weighted by Gasteiger charge is 2.08. The normalized spacial score (nSPS) is 10.7. The summed E-state index contributed by atoms with van der Waals surface area (Å²) in [6.07, 6.45) is 3.39. The van der Waals surface area contributed by atoms with Gasteiger partial charge in [0.05, 0.1) is 11.4 Å². The first-order chi connectivity index (χ1) is 9.63. The monoisotopic (exact) mass is 284 g/mol. The van der Waals surface area contributed by atoms with Crippen molar-refractivity contribution in [2.24, 2.45) is 0 Å². The maximum Gasteiger partial charge on any atom is 0.127 e. The molecule has 2 heterocycles. The van der Waals surface area contributed by atoms with Crippen LogP contribution in [0.4, 0.5) is 5.82 Å². The quantitative estimate of drug-likeness (QED) is 0.754. The number of H-pyrrole nitrogens is 1. The van der Waals surface area contributed by atoms with Crippen LogP contribution in [0.3, 0.4) is 0 Å². The Morgan fingerprint density at radius 3 is 2.80 bits per heavy atom. The lowest BCUT2D eigenvalue weighted by atomic mass is 10.0. The summed E-state index contributed by atoms with van der Waals surface area (Å²) in [5.74, 6) is 0.449. The number of nitrogens with zero attached hydrogens (tertiary/aromatic N) is 2. The van der Waals surface area contributed by atoms with Gasteiger partial charge in [-0.05, 0) is 36.2 Å². The summed E-state index contributed by atoms with van der Waals surface area (Å²) in [6, 6.07) is 9.62. The third-order valence-electron chi connectivity index (χ3n) is 3.16. The van der Waals surface area contributed by atoms with Crippen molar-refractivity contribution in [1.29, 1.82) is 0 Å². The van der Waals surface area contributed by atoms with Crippen molar-refractivity contribution in [2.45, 2.75) is 6.92 Å². The Bertz CT molecular complexity index is 764. The number of benzene rings is 1. The van der Waals surface area contributed by atoms with Gasteiger partial charge in [-0.25, -0.2) is 9.97 Å². The number of anilines is 1. The van der Waals surface area contributed by atoms with Crippen LogP contribution in [-0.4, -0.2) is 15.0 Å². The standard InChI is InChI=1S/C15H13ClN4/c1-9-2-3-11(16)5-12(9)10-4-13(18-7-10)14-6-15(17)20-8-19-14/h2-8,18H,1H3,(H2,17,19,20). The summed E-state index contributed by atoms with van der Waals surface area (Å²) in [5.41, 5.74) is 10.7. The van der Waals surface area contributed by atoms with Gasteiger partial charge in [-0.15, -0.1) is 0 Å². The highest BCUT2D eigenvalue weighted by atomic mass is 35.5. The Kier molecular flexibility index (Phi) is 3.16. The molecule has 0 amide bonds. The predicted molar refractivity (Wildman–Crippen MR) is 81.4 cm³/mol. The second-order valence-electron chi connectivity index (χ2n) is 4.59. The first kappa shape index (κ1) is 12.7. The van der Waals surface area contributed by atoms with Crippen molar-refractivity contribution in [3.63, 3.8) is 0 Å². The molecule has 0 atom stereocenters. The first-order valence-corrected chi connectivity index (χ1v) is 6.54. The highest BCUT2D eigenvalue weighted by Crippen LogP contribution is 2.29. The molecule has 0 saturated carbocycles. The molecule has 20 heavy (non-hydrogen) atoms. The van der Waals surface area contributed by atoms with Crippen LogP contribution in [0, 0.1) is 6.92 Å². The average Bonchev–Trinajstić information content (AvgIpc) is 2.91. The van der Waals surface area contributed by atoms with E-state index in [0.717, 1.165) is 27.5 Å².